The van der Waals surface area contributed by atoms with Gasteiger partial charge in [-0.15, -0.1) is 0 Å². The van der Waals surface area contributed by atoms with Crippen LogP contribution in [0.3, 0.4) is 0 Å². The monoisotopic (exact) mass is 1410 g/mol. The van der Waals surface area contributed by atoms with E-state index in [0.717, 1.165) is 5.57 Å². The van der Waals surface area contributed by atoms with Crippen molar-refractivity contribution in [1.29, 1.82) is 0 Å². The number of rotatable bonds is 19. The first-order chi connectivity index (χ1) is 45.8. The number of carbonyl (C=O) groups is 3. The average Bonchev–Trinajstić information content (AvgIpc) is 0.722. The molecule has 0 aromatic heterocycles. The van der Waals surface area contributed by atoms with Gasteiger partial charge >= 0.3 is 17.9 Å². The minimum atomic E-state index is -2.10. The molecule has 4 saturated carbocycles. The molecule has 10 aliphatic rings. The van der Waals surface area contributed by atoms with Gasteiger partial charge in [0.15, 0.2) is 37.4 Å². The van der Waals surface area contributed by atoms with Crippen molar-refractivity contribution in [3.8, 4) is 0 Å². The minimum Gasteiger partial charge on any atom is -0.462 e. The quantitative estimate of drug-likeness (QED) is 0.0266. The highest BCUT2D eigenvalue weighted by Crippen LogP contribution is 2.76. The highest BCUT2D eigenvalue weighted by atomic mass is 16.8. The Kier molecular flexibility index (Phi) is 23.2. The van der Waals surface area contributed by atoms with E-state index in [0.29, 0.717) is 32.1 Å². The van der Waals surface area contributed by atoms with E-state index in [-0.39, 0.29) is 37.5 Å². The Bertz CT molecular complexity index is 2810. The summed E-state index contributed by atoms with van der Waals surface area (Å²) in [5, 5.41) is 178. The number of allylic oxidation sites excluding steroid dienone is 2. The molecule has 0 unspecified atom stereocenters. The van der Waals surface area contributed by atoms with Crippen LogP contribution < -0.4 is 0 Å². The van der Waals surface area contributed by atoms with Crippen LogP contribution in [0, 0.1) is 50.2 Å². The molecule has 5 aliphatic carbocycles. The fraction of sp³-hybridized carbons (Fsp3) is 0.925. The largest absolute Gasteiger partial charge is 0.462 e. The van der Waals surface area contributed by atoms with Gasteiger partial charge in [0.05, 0.1) is 75.4 Å². The summed E-state index contributed by atoms with van der Waals surface area (Å²) in [5.41, 5.74) is -4.46. The summed E-state index contributed by atoms with van der Waals surface area (Å²) in [4.78, 5) is 42.0. The predicted molar refractivity (Wildman–Crippen MR) is 330 cm³/mol. The van der Waals surface area contributed by atoms with Crippen molar-refractivity contribution >= 4 is 17.9 Å². The maximum atomic E-state index is 15.9. The summed E-state index contributed by atoms with van der Waals surface area (Å²) >= 11 is 0. The Morgan fingerprint density at radius 3 is 1.73 bits per heavy atom. The first kappa shape index (κ1) is 77.8. The summed E-state index contributed by atoms with van der Waals surface area (Å²) in [7, 11) is 0. The molecule has 0 amide bonds. The van der Waals surface area contributed by atoms with Crippen LogP contribution in [0.25, 0.3) is 0 Å². The fourth-order valence-electron chi connectivity index (χ4n) is 19.0. The molecule has 0 aromatic carbocycles. The predicted octanol–water partition coefficient (Wildman–Crippen LogP) is -2.93. The van der Waals surface area contributed by atoms with E-state index in [1.165, 1.54) is 34.6 Å². The molecule has 10 rings (SSSR count). The van der Waals surface area contributed by atoms with Crippen LogP contribution in [0.1, 0.15) is 140 Å². The van der Waals surface area contributed by atoms with Crippen molar-refractivity contribution in [2.75, 3.05) is 19.8 Å². The van der Waals surface area contributed by atoms with Crippen LogP contribution in [-0.4, -0.2) is 297 Å². The molecule has 98 heavy (non-hydrogen) atoms. The van der Waals surface area contributed by atoms with E-state index in [1.54, 1.807) is 0 Å². The van der Waals surface area contributed by atoms with Crippen molar-refractivity contribution in [1.82, 2.24) is 0 Å². The summed E-state index contributed by atoms with van der Waals surface area (Å²) in [5.74, 6) is -3.89. The molecule has 9 fully saturated rings. The number of hydrogen-bond acceptors (Lipinski definition) is 31. The number of fused-ring (bicyclic) bond motifs is 7. The van der Waals surface area contributed by atoms with Crippen LogP contribution in [0.4, 0.5) is 0 Å². The van der Waals surface area contributed by atoms with Crippen LogP contribution in [-0.2, 0) is 71.2 Å². The first-order valence-corrected chi connectivity index (χ1v) is 34.6. The lowest BCUT2D eigenvalue weighted by atomic mass is 9.33. The Labute approximate surface area is 569 Å². The lowest BCUT2D eigenvalue weighted by Gasteiger charge is -2.72. The summed E-state index contributed by atoms with van der Waals surface area (Å²) in [6.45, 7) is 17.5. The number of hydrogen-bond donors (Lipinski definition) is 16. The molecular weight excluding hydrogens is 1300 g/mol. The van der Waals surface area contributed by atoms with Crippen molar-refractivity contribution in [2.45, 2.75) is 318 Å². The van der Waals surface area contributed by atoms with E-state index in [9.17, 15) is 91.3 Å². The van der Waals surface area contributed by atoms with Gasteiger partial charge < -0.3 is 139 Å². The third-order valence-corrected chi connectivity index (χ3v) is 24.7. The third kappa shape index (κ3) is 13.7. The van der Waals surface area contributed by atoms with Gasteiger partial charge in [0.2, 0.25) is 6.29 Å². The lowest BCUT2D eigenvalue weighted by molar-refractivity contribution is -0.368. The number of carbonyl (C=O) groups excluding carboxylic acids is 3. The van der Waals surface area contributed by atoms with Gasteiger partial charge in [0.1, 0.15) is 97.0 Å². The molecule has 0 aromatic rings. The fourth-order valence-corrected chi connectivity index (χ4v) is 19.0. The number of esters is 3. The smallest absolute Gasteiger partial charge is 0.317 e. The second kappa shape index (κ2) is 29.2. The van der Waals surface area contributed by atoms with Crippen molar-refractivity contribution in [2.24, 2.45) is 50.2 Å². The number of aliphatic hydroxyl groups excluding tert-OH is 16. The highest BCUT2D eigenvalue weighted by molar-refractivity contribution is 5.80. The highest BCUT2D eigenvalue weighted by Gasteiger charge is 2.73. The molecule has 31 nitrogen and oxygen atoms in total. The average molecular weight is 1410 g/mol. The second-order valence-electron chi connectivity index (χ2n) is 31.7. The molecule has 0 bridgehead atoms. The number of ether oxygens (including phenoxy) is 12. The molecular formula is C67H108O31. The van der Waals surface area contributed by atoms with Gasteiger partial charge in [-0.05, 0) is 125 Å². The zero-order valence-electron chi connectivity index (χ0n) is 57.5. The van der Waals surface area contributed by atoms with Gasteiger partial charge in [-0.1, -0.05) is 53.2 Å². The van der Waals surface area contributed by atoms with Crippen LogP contribution >= 0.6 is 0 Å². The second-order valence-corrected chi connectivity index (χ2v) is 31.7. The molecule has 37 atom stereocenters. The molecule has 31 heteroatoms. The van der Waals surface area contributed by atoms with Crippen LogP contribution in [0.2, 0.25) is 0 Å². The Hall–Kier alpha value is -2.85. The van der Waals surface area contributed by atoms with Crippen molar-refractivity contribution in [3.63, 3.8) is 0 Å². The van der Waals surface area contributed by atoms with E-state index in [1.807, 2.05) is 6.92 Å². The normalized spacial score (nSPS) is 51.4. The topological polar surface area (TPSA) is 486 Å². The maximum absolute atomic E-state index is 15.9. The molecule has 16 N–H and O–H groups in total. The van der Waals surface area contributed by atoms with Gasteiger partial charge in [-0.3, -0.25) is 14.4 Å². The maximum Gasteiger partial charge on any atom is 0.317 e. The molecule has 0 spiro atoms. The number of aliphatic hydroxyl groups is 16. The third-order valence-electron chi connectivity index (χ3n) is 24.7. The molecule has 0 radical (unpaired) electrons. The first-order valence-electron chi connectivity index (χ1n) is 34.6. The SMILES string of the molecule is C[C@H](O)CC(=O)O[C@H](C)CC(=O)O[C@@H]1[C@H](O)[C@@H](O[C@@H]2O[C@H](C)[C@@H](O[C@@H]3O[C@H](CO)[C@H](O[C@H]4O[C@H](C)[C@@H](O)[C@H](O)[C@@H]4O)[C@H]3O)[C@H](O)[C@@H]2O)[C@H](OC(=O)[C@]23CCC(C)(C)C[C@H]2C2=CC[C@@H]4[C@@]5(C)C[C@H](O)[C@H](O[C@@H]6O[C@H](CO)[C@@H](O)[C@H](O)[C@H]6O)[C@@](C)(CO)[C@@H]5CC[C@@]4(C)[C@]2(C)C[C@H]3O)O[C@@H]1C. The van der Waals surface area contributed by atoms with Crippen LogP contribution in [0.15, 0.2) is 11.6 Å². The van der Waals surface area contributed by atoms with Gasteiger partial charge in [-0.2, -0.15) is 0 Å². The van der Waals surface area contributed by atoms with Crippen molar-refractivity contribution in [3.05, 3.63) is 11.6 Å². The Morgan fingerprint density at radius 1 is 0.541 bits per heavy atom. The zero-order valence-corrected chi connectivity index (χ0v) is 57.5. The van der Waals surface area contributed by atoms with Gasteiger partial charge in [0.25, 0.3) is 0 Å². The van der Waals surface area contributed by atoms with Gasteiger partial charge in [-0.25, -0.2) is 0 Å². The zero-order chi connectivity index (χ0) is 72.2. The van der Waals surface area contributed by atoms with Crippen molar-refractivity contribution < 1.29 is 153 Å². The molecule has 5 heterocycles. The molecule has 5 aliphatic heterocycles. The van der Waals surface area contributed by atoms with E-state index in [2.05, 4.69) is 40.7 Å². The van der Waals surface area contributed by atoms with Crippen LogP contribution in [0.5, 0.6) is 0 Å². The van der Waals surface area contributed by atoms with Gasteiger partial charge in [0, 0.05) is 5.41 Å². The molecule has 5 saturated heterocycles. The van der Waals surface area contributed by atoms with E-state index >= 15 is 4.79 Å². The summed E-state index contributed by atoms with van der Waals surface area (Å²) < 4.78 is 71.6. The Morgan fingerprint density at radius 2 is 1.10 bits per heavy atom. The lowest BCUT2D eigenvalue weighted by Crippen LogP contribution is -2.70. The van der Waals surface area contributed by atoms with E-state index in [4.69, 9.17) is 56.8 Å². The van der Waals surface area contributed by atoms with E-state index < -0.39 is 261 Å². The molecule has 562 valence electrons. The Balaban J connectivity index is 0.908. The standard InChI is InChI=1S/C67H108O31/c1-26(71)18-39(74)87-27(2)19-40(75)93-52-30(5)90-60(54(49(52)84)96-57-48(83)45(80)51(29(4)89-57)94-59-50(85)53(35(24-69)92-59)95-56-46(81)43(78)41(76)28(3)88-56)98-61(86)67-17-16-62(6,7)20-32(67)31-12-13-37-63(8)21-33(72)55(97-58-47(82)44(79)42(77)34(23-68)91-58)64(9,25-70)36(63)14-15-65(37,10)66(31,11)22-38(67)73/h12,26-30,32-38,41-60,68-73,76-85H,13-25H2,1-11H3/t26-,27+,28+,29+,30+,32-,33-,34+,35+,36+,37+,38+,41+,42+,43-,44-,45+,46-,47+,48-,49-,50+,51+,52-,53-,54+,55-,56+,57-,58-,59-,60-,63-,64-,65+,66+,67+/m0/s1. The summed E-state index contributed by atoms with van der Waals surface area (Å²) in [6, 6.07) is 0. The minimum absolute atomic E-state index is 0.0569. The summed E-state index contributed by atoms with van der Waals surface area (Å²) in [6.07, 6.45) is -41.5.